The highest BCUT2D eigenvalue weighted by Crippen LogP contribution is 2.54. The van der Waals surface area contributed by atoms with Crippen molar-refractivity contribution in [2.24, 2.45) is 17.8 Å². The third-order valence-corrected chi connectivity index (χ3v) is 5.82. The van der Waals surface area contributed by atoms with E-state index in [4.69, 9.17) is 0 Å². The van der Waals surface area contributed by atoms with Gasteiger partial charge in [0.2, 0.25) is 5.91 Å². The molecule has 2 fully saturated rings. The minimum Gasteiger partial charge on any atom is -0.371 e. The number of pyridine rings is 1. The number of hydrogen-bond donors (Lipinski definition) is 1. The van der Waals surface area contributed by atoms with Gasteiger partial charge in [0.15, 0.2) is 0 Å². The summed E-state index contributed by atoms with van der Waals surface area (Å²) in [5, 5.41) is 2.91. The van der Waals surface area contributed by atoms with Crippen LogP contribution in [-0.4, -0.2) is 30.5 Å². The Balaban J connectivity index is 1.18. The van der Waals surface area contributed by atoms with E-state index in [1.807, 2.05) is 12.1 Å². The lowest BCUT2D eigenvalue weighted by molar-refractivity contribution is -0.137. The van der Waals surface area contributed by atoms with E-state index in [1.54, 1.807) is 30.6 Å². The number of alkyl halides is 3. The molecule has 0 radical (unpaired) electrons. The van der Waals surface area contributed by atoms with Crippen LogP contribution in [0, 0.1) is 17.8 Å². The van der Waals surface area contributed by atoms with E-state index >= 15 is 0 Å². The predicted molar refractivity (Wildman–Crippen MR) is 105 cm³/mol. The van der Waals surface area contributed by atoms with E-state index in [0.717, 1.165) is 42.9 Å². The van der Waals surface area contributed by atoms with Crippen molar-refractivity contribution in [1.29, 1.82) is 0 Å². The molecular formula is C22H22F3N3O. The average Bonchev–Trinajstić information content (AvgIpc) is 3.15. The number of amides is 1. The molecule has 1 saturated carbocycles. The molecule has 1 amide bonds. The van der Waals surface area contributed by atoms with Crippen LogP contribution in [0.3, 0.4) is 0 Å². The number of aromatic nitrogens is 1. The zero-order chi connectivity index (χ0) is 20.4. The van der Waals surface area contributed by atoms with Crippen LogP contribution in [0.15, 0.2) is 54.9 Å². The first-order valence-corrected chi connectivity index (χ1v) is 9.70. The highest BCUT2D eigenvalue weighted by molar-refractivity contribution is 5.91. The topological polar surface area (TPSA) is 45.2 Å². The summed E-state index contributed by atoms with van der Waals surface area (Å²) in [6, 6.07) is 9.09. The van der Waals surface area contributed by atoms with Crippen LogP contribution in [0.2, 0.25) is 0 Å². The lowest BCUT2D eigenvalue weighted by Gasteiger charge is -2.22. The molecule has 1 aromatic carbocycles. The van der Waals surface area contributed by atoms with Crippen LogP contribution >= 0.6 is 0 Å². The van der Waals surface area contributed by atoms with Crippen molar-refractivity contribution in [2.45, 2.75) is 12.6 Å². The molecule has 1 N–H and O–H groups in total. The fourth-order valence-corrected chi connectivity index (χ4v) is 4.22. The van der Waals surface area contributed by atoms with Crippen molar-refractivity contribution in [2.75, 3.05) is 24.5 Å². The third-order valence-electron chi connectivity index (χ3n) is 5.82. The Hall–Kier alpha value is -2.83. The van der Waals surface area contributed by atoms with Crippen LogP contribution in [-0.2, 0) is 11.0 Å². The van der Waals surface area contributed by atoms with Crippen LogP contribution in [0.5, 0.6) is 0 Å². The highest BCUT2D eigenvalue weighted by atomic mass is 19.4. The molecule has 1 saturated heterocycles. The van der Waals surface area contributed by atoms with Crippen molar-refractivity contribution in [3.05, 3.63) is 66.0 Å². The van der Waals surface area contributed by atoms with Gasteiger partial charge in [-0.05, 0) is 66.1 Å². The number of piperidine rings is 1. The SMILES string of the molecule is O=C(/C=C/c1cccnc1)NCC[C@@H]1[C@H]2CN(c3ccc(C(F)(F)F)cc3)C[C@@H]12. The van der Waals surface area contributed by atoms with Crippen molar-refractivity contribution in [3.63, 3.8) is 0 Å². The fourth-order valence-electron chi connectivity index (χ4n) is 4.22. The average molecular weight is 401 g/mol. The summed E-state index contributed by atoms with van der Waals surface area (Å²) < 4.78 is 38.0. The van der Waals surface area contributed by atoms with E-state index in [2.05, 4.69) is 15.2 Å². The lowest BCUT2D eigenvalue weighted by Crippen LogP contribution is -2.26. The van der Waals surface area contributed by atoms with E-state index in [-0.39, 0.29) is 5.91 Å². The Bertz CT molecular complexity index is 868. The first-order chi connectivity index (χ1) is 13.9. The van der Waals surface area contributed by atoms with E-state index in [1.165, 1.54) is 6.08 Å². The number of carbonyl (C=O) groups is 1. The second kappa shape index (κ2) is 7.89. The van der Waals surface area contributed by atoms with Gasteiger partial charge in [-0.2, -0.15) is 13.2 Å². The molecule has 0 bridgehead atoms. The zero-order valence-corrected chi connectivity index (χ0v) is 15.8. The second-order valence-electron chi connectivity index (χ2n) is 7.64. The summed E-state index contributed by atoms with van der Waals surface area (Å²) in [6.07, 6.45) is 3.25. The smallest absolute Gasteiger partial charge is 0.371 e. The van der Waals surface area contributed by atoms with Crippen molar-refractivity contribution in [1.82, 2.24) is 10.3 Å². The maximum absolute atomic E-state index is 12.7. The summed E-state index contributed by atoms with van der Waals surface area (Å²) in [5.74, 6) is 1.61. The summed E-state index contributed by atoms with van der Waals surface area (Å²) in [7, 11) is 0. The first-order valence-electron chi connectivity index (χ1n) is 9.70. The number of hydrogen-bond acceptors (Lipinski definition) is 3. The van der Waals surface area contributed by atoms with Crippen LogP contribution in [0.4, 0.5) is 18.9 Å². The number of benzene rings is 1. The number of anilines is 1. The van der Waals surface area contributed by atoms with Gasteiger partial charge in [0.25, 0.3) is 0 Å². The van der Waals surface area contributed by atoms with E-state index in [9.17, 15) is 18.0 Å². The predicted octanol–water partition coefficient (Wildman–Crippen LogP) is 4.00. The van der Waals surface area contributed by atoms with Gasteiger partial charge in [0.05, 0.1) is 5.56 Å². The Morgan fingerprint density at radius 2 is 1.90 bits per heavy atom. The normalized spacial score (nSPS) is 23.3. The molecule has 0 unspecified atom stereocenters. The molecule has 1 aliphatic heterocycles. The number of nitrogens with one attached hydrogen (secondary N) is 1. The van der Waals surface area contributed by atoms with Gasteiger partial charge in [-0.3, -0.25) is 9.78 Å². The molecule has 152 valence electrons. The first kappa shape index (κ1) is 19.5. The van der Waals surface area contributed by atoms with Crippen molar-refractivity contribution >= 4 is 17.7 Å². The molecule has 4 rings (SSSR count). The second-order valence-corrected chi connectivity index (χ2v) is 7.64. The van der Waals surface area contributed by atoms with Gasteiger partial charge in [-0.15, -0.1) is 0 Å². The van der Waals surface area contributed by atoms with Crippen LogP contribution < -0.4 is 10.2 Å². The standard InChI is InChI=1S/C22H22F3N3O/c23-22(24,25)16-4-6-17(7-5-16)28-13-19-18(20(19)14-28)9-11-27-21(29)8-3-15-2-1-10-26-12-15/h1-8,10,12,18-20H,9,11,13-14H2,(H,27,29)/b8-3+/t18-,19-,20+. The van der Waals surface area contributed by atoms with Gasteiger partial charge in [0.1, 0.15) is 0 Å². The Kier molecular flexibility index (Phi) is 5.30. The number of carbonyl (C=O) groups excluding carboxylic acids is 1. The molecule has 2 aliphatic rings. The van der Waals surface area contributed by atoms with E-state index < -0.39 is 11.7 Å². The van der Waals surface area contributed by atoms with Gasteiger partial charge < -0.3 is 10.2 Å². The number of fused-ring (bicyclic) bond motifs is 1. The van der Waals surface area contributed by atoms with Gasteiger partial charge in [-0.1, -0.05) is 6.07 Å². The molecule has 1 aromatic heterocycles. The maximum Gasteiger partial charge on any atom is 0.416 e. The van der Waals surface area contributed by atoms with Gasteiger partial charge >= 0.3 is 6.18 Å². The summed E-state index contributed by atoms with van der Waals surface area (Å²) in [6.45, 7) is 2.37. The molecule has 2 heterocycles. The Labute approximate surface area is 167 Å². The largest absolute Gasteiger partial charge is 0.416 e. The minimum absolute atomic E-state index is 0.119. The summed E-state index contributed by atoms with van der Waals surface area (Å²) >= 11 is 0. The fraction of sp³-hybridized carbons (Fsp3) is 0.364. The summed E-state index contributed by atoms with van der Waals surface area (Å²) in [4.78, 5) is 18.0. The molecule has 4 nitrogen and oxygen atoms in total. The molecule has 1 aliphatic carbocycles. The quantitative estimate of drug-likeness (QED) is 0.745. The van der Waals surface area contributed by atoms with Gasteiger partial charge in [0, 0.05) is 43.8 Å². The van der Waals surface area contributed by atoms with Crippen molar-refractivity contribution in [3.8, 4) is 0 Å². The number of nitrogens with zero attached hydrogens (tertiary/aromatic N) is 2. The molecule has 0 spiro atoms. The lowest BCUT2D eigenvalue weighted by atomic mass is 10.1. The number of halogens is 3. The maximum atomic E-state index is 12.7. The zero-order valence-electron chi connectivity index (χ0n) is 15.8. The monoisotopic (exact) mass is 401 g/mol. The Morgan fingerprint density at radius 1 is 1.17 bits per heavy atom. The van der Waals surface area contributed by atoms with E-state index in [0.29, 0.717) is 24.3 Å². The summed E-state index contributed by atoms with van der Waals surface area (Å²) in [5.41, 5.74) is 1.11. The third kappa shape index (κ3) is 4.60. The molecule has 29 heavy (non-hydrogen) atoms. The van der Waals surface area contributed by atoms with Crippen molar-refractivity contribution < 1.29 is 18.0 Å². The molecule has 2 aromatic rings. The van der Waals surface area contributed by atoms with Crippen LogP contribution in [0.1, 0.15) is 17.5 Å². The molecule has 3 atom stereocenters. The van der Waals surface area contributed by atoms with Gasteiger partial charge in [-0.25, -0.2) is 0 Å². The Morgan fingerprint density at radius 3 is 2.52 bits per heavy atom. The highest BCUT2D eigenvalue weighted by Gasteiger charge is 2.54. The number of rotatable bonds is 6. The molecule has 7 heteroatoms. The molecular weight excluding hydrogens is 379 g/mol. The van der Waals surface area contributed by atoms with Crippen LogP contribution in [0.25, 0.3) is 6.08 Å². The minimum atomic E-state index is -4.30.